The zero-order chi connectivity index (χ0) is 15.5. The molecule has 0 aliphatic carbocycles. The molecule has 1 heterocycles. The number of nitrogens with zero attached hydrogens (tertiary/aromatic N) is 1. The minimum absolute atomic E-state index is 0.114. The molecule has 7 heteroatoms. The van der Waals surface area contributed by atoms with E-state index in [-0.39, 0.29) is 12.6 Å². The first kappa shape index (κ1) is 16.0. The van der Waals surface area contributed by atoms with E-state index < -0.39 is 13.5 Å². The van der Waals surface area contributed by atoms with Crippen molar-refractivity contribution in [3.8, 4) is 5.75 Å². The van der Waals surface area contributed by atoms with Crippen molar-refractivity contribution in [3.05, 3.63) is 24.3 Å². The topological polar surface area (TPSA) is 76.1 Å². The molecule has 2 unspecified atom stereocenters. The zero-order valence-electron chi connectivity index (χ0n) is 12.2. The lowest BCUT2D eigenvalue weighted by atomic mass is 10.2. The van der Waals surface area contributed by atoms with Crippen molar-refractivity contribution in [1.29, 1.82) is 0 Å². The molecule has 1 fully saturated rings. The fourth-order valence-corrected chi connectivity index (χ4v) is 4.87. The predicted octanol–water partition coefficient (Wildman–Crippen LogP) is 2.10. The highest BCUT2D eigenvalue weighted by atomic mass is 31.2. The summed E-state index contributed by atoms with van der Waals surface area (Å²) in [5, 5.41) is 9.60. The fourth-order valence-electron chi connectivity index (χ4n) is 2.43. The summed E-state index contributed by atoms with van der Waals surface area (Å²) in [7, 11) is -1.81. The highest BCUT2D eigenvalue weighted by molar-refractivity contribution is 7.64. The van der Waals surface area contributed by atoms with Gasteiger partial charge in [0.1, 0.15) is 12.3 Å². The minimum Gasteiger partial charge on any atom is -0.497 e. The lowest BCUT2D eigenvalue weighted by Gasteiger charge is -2.32. The predicted molar refractivity (Wildman–Crippen MR) is 79.2 cm³/mol. The summed E-state index contributed by atoms with van der Waals surface area (Å²) in [6.45, 7) is 1.95. The average molecular weight is 313 g/mol. The Balaban J connectivity index is 2.40. The van der Waals surface area contributed by atoms with Crippen LogP contribution in [0.2, 0.25) is 0 Å². The summed E-state index contributed by atoms with van der Waals surface area (Å²) in [5.74, 6) is -0.362. The molecule has 6 nitrogen and oxygen atoms in total. The monoisotopic (exact) mass is 313 g/mol. The summed E-state index contributed by atoms with van der Waals surface area (Å²) in [6, 6.07) is 6.63. The molecule has 1 aliphatic heterocycles. The van der Waals surface area contributed by atoms with Gasteiger partial charge >= 0.3 is 13.5 Å². The lowest BCUT2D eigenvalue weighted by molar-refractivity contribution is -0.137. The van der Waals surface area contributed by atoms with Crippen LogP contribution in [0.5, 0.6) is 5.75 Å². The van der Waals surface area contributed by atoms with Gasteiger partial charge < -0.3 is 14.4 Å². The van der Waals surface area contributed by atoms with Gasteiger partial charge in [-0.1, -0.05) is 0 Å². The maximum Gasteiger partial charge on any atom is 0.318 e. The van der Waals surface area contributed by atoms with Gasteiger partial charge in [-0.15, -0.1) is 0 Å². The van der Waals surface area contributed by atoms with Crippen LogP contribution < -0.4 is 10.0 Å². The SMILES string of the molecule is COc1ccc(P2(=O)OCCCC(C)N2CC(=O)O)cc1. The molecule has 0 radical (unpaired) electrons. The molecule has 1 saturated heterocycles. The molecule has 1 aliphatic rings. The Morgan fingerprint density at radius 1 is 1.48 bits per heavy atom. The summed E-state index contributed by atoms with van der Waals surface area (Å²) < 4.78 is 25.5. The first-order valence-electron chi connectivity index (χ1n) is 6.85. The second kappa shape index (κ2) is 6.60. The Hall–Kier alpha value is -1.36. The molecule has 0 amide bonds. The van der Waals surface area contributed by atoms with E-state index in [0.29, 0.717) is 17.7 Å². The summed E-state index contributed by atoms with van der Waals surface area (Å²) >= 11 is 0. The van der Waals surface area contributed by atoms with Gasteiger partial charge in [0.2, 0.25) is 0 Å². The van der Waals surface area contributed by atoms with Crippen molar-refractivity contribution in [2.75, 3.05) is 20.3 Å². The Kier molecular flexibility index (Phi) is 5.04. The summed E-state index contributed by atoms with van der Waals surface area (Å²) in [4.78, 5) is 11.1. The van der Waals surface area contributed by atoms with E-state index in [2.05, 4.69) is 0 Å². The number of hydrogen-bond acceptors (Lipinski definition) is 4. The van der Waals surface area contributed by atoms with Gasteiger partial charge in [0.05, 0.1) is 19.0 Å². The van der Waals surface area contributed by atoms with Crippen molar-refractivity contribution < 1.29 is 23.7 Å². The van der Waals surface area contributed by atoms with E-state index in [1.807, 2.05) is 6.92 Å². The number of ether oxygens (including phenoxy) is 1. The number of carboxylic acids is 1. The van der Waals surface area contributed by atoms with Gasteiger partial charge in [-0.2, -0.15) is 0 Å². The van der Waals surface area contributed by atoms with Gasteiger partial charge in [-0.3, -0.25) is 9.36 Å². The molecule has 1 aromatic rings. The third kappa shape index (κ3) is 3.46. The van der Waals surface area contributed by atoms with Crippen LogP contribution in [0.25, 0.3) is 0 Å². The molecule has 0 aromatic heterocycles. The van der Waals surface area contributed by atoms with E-state index in [0.717, 1.165) is 12.8 Å². The largest absolute Gasteiger partial charge is 0.497 e. The zero-order valence-corrected chi connectivity index (χ0v) is 13.1. The average Bonchev–Trinajstić information content (AvgIpc) is 2.61. The Morgan fingerprint density at radius 3 is 2.71 bits per heavy atom. The van der Waals surface area contributed by atoms with Crippen LogP contribution in [-0.4, -0.2) is 42.0 Å². The van der Waals surface area contributed by atoms with Crippen LogP contribution in [0.3, 0.4) is 0 Å². The fraction of sp³-hybridized carbons (Fsp3) is 0.500. The number of methoxy groups -OCH3 is 1. The van der Waals surface area contributed by atoms with E-state index >= 15 is 0 Å². The number of carboxylic acid groups (broad SMARTS) is 1. The van der Waals surface area contributed by atoms with Crippen molar-refractivity contribution in [1.82, 2.24) is 4.67 Å². The Labute approximate surface area is 124 Å². The molecule has 2 rings (SSSR count). The second-order valence-electron chi connectivity index (χ2n) is 5.03. The van der Waals surface area contributed by atoms with Gasteiger partial charge in [0.15, 0.2) is 0 Å². The normalized spacial score (nSPS) is 27.0. The highest BCUT2D eigenvalue weighted by Crippen LogP contribution is 2.53. The van der Waals surface area contributed by atoms with Crippen molar-refractivity contribution in [3.63, 3.8) is 0 Å². The number of rotatable bonds is 4. The molecule has 1 N–H and O–H groups in total. The smallest absolute Gasteiger partial charge is 0.318 e. The van der Waals surface area contributed by atoms with E-state index in [9.17, 15) is 9.36 Å². The molecule has 0 saturated carbocycles. The maximum absolute atomic E-state index is 13.3. The van der Waals surface area contributed by atoms with Crippen LogP contribution >= 0.6 is 7.52 Å². The van der Waals surface area contributed by atoms with Crippen LogP contribution in [-0.2, 0) is 13.9 Å². The van der Waals surface area contributed by atoms with E-state index in [4.69, 9.17) is 14.4 Å². The lowest BCUT2D eigenvalue weighted by Crippen LogP contribution is -2.37. The molecular weight excluding hydrogens is 293 g/mol. The van der Waals surface area contributed by atoms with Crippen LogP contribution in [0.15, 0.2) is 24.3 Å². The van der Waals surface area contributed by atoms with E-state index in [1.165, 1.54) is 4.67 Å². The van der Waals surface area contributed by atoms with Crippen molar-refractivity contribution in [2.24, 2.45) is 0 Å². The highest BCUT2D eigenvalue weighted by Gasteiger charge is 2.40. The van der Waals surface area contributed by atoms with Gasteiger partial charge in [-0.05, 0) is 44.0 Å². The minimum atomic E-state index is -3.36. The number of benzene rings is 1. The number of hydrogen-bond donors (Lipinski definition) is 1. The second-order valence-corrected chi connectivity index (χ2v) is 7.36. The molecule has 116 valence electrons. The standard InChI is InChI=1S/C14H20NO5P/c1-11-4-3-9-20-21(18,15(11)10-14(16)17)13-7-5-12(19-2)6-8-13/h5-8,11H,3-4,9-10H2,1-2H3,(H,16,17). The number of aliphatic carboxylic acids is 1. The summed E-state index contributed by atoms with van der Waals surface area (Å²) in [5.41, 5.74) is 0. The molecule has 0 spiro atoms. The van der Waals surface area contributed by atoms with Crippen molar-refractivity contribution in [2.45, 2.75) is 25.8 Å². The quantitative estimate of drug-likeness (QED) is 0.858. The van der Waals surface area contributed by atoms with E-state index in [1.54, 1.807) is 31.4 Å². The Morgan fingerprint density at radius 2 is 2.14 bits per heavy atom. The molecule has 2 atom stereocenters. The van der Waals surface area contributed by atoms with Gasteiger partial charge in [0.25, 0.3) is 0 Å². The van der Waals surface area contributed by atoms with Crippen molar-refractivity contribution >= 4 is 18.8 Å². The van der Waals surface area contributed by atoms with Crippen LogP contribution in [0, 0.1) is 0 Å². The number of carbonyl (C=O) groups is 1. The van der Waals surface area contributed by atoms with Gasteiger partial charge in [-0.25, -0.2) is 4.67 Å². The Bertz CT molecular complexity index is 545. The maximum atomic E-state index is 13.3. The molecule has 0 bridgehead atoms. The van der Waals surface area contributed by atoms with Gasteiger partial charge in [0, 0.05) is 6.04 Å². The molecule has 1 aromatic carbocycles. The molecule has 21 heavy (non-hydrogen) atoms. The van der Waals surface area contributed by atoms with Crippen LogP contribution in [0.4, 0.5) is 0 Å². The first-order chi connectivity index (χ1) is 9.97. The third-order valence-electron chi connectivity index (χ3n) is 3.58. The summed E-state index contributed by atoms with van der Waals surface area (Å²) in [6.07, 6.45) is 1.52. The molecular formula is C14H20NO5P. The third-order valence-corrected chi connectivity index (χ3v) is 6.27. The first-order valence-corrected chi connectivity index (χ1v) is 8.43. The van der Waals surface area contributed by atoms with Crippen LogP contribution in [0.1, 0.15) is 19.8 Å².